The number of hydrogen-bond donors (Lipinski definition) is 0. The molecule has 2 fully saturated rings. The van der Waals surface area contributed by atoms with Crippen molar-refractivity contribution in [3.63, 3.8) is 0 Å². The summed E-state index contributed by atoms with van der Waals surface area (Å²) in [6.07, 6.45) is 6.97. The number of hydrogen-bond acceptors (Lipinski definition) is 4. The molecule has 4 heteroatoms. The van der Waals surface area contributed by atoms with E-state index in [-0.39, 0.29) is 0 Å². The number of nitrogens with zero attached hydrogens (tertiary/aromatic N) is 4. The zero-order valence-electron chi connectivity index (χ0n) is 12.0. The molecule has 0 spiro atoms. The minimum absolute atomic E-state index is 0.700. The number of rotatable bonds is 3. The van der Waals surface area contributed by atoms with Crippen LogP contribution in [0.25, 0.3) is 0 Å². The maximum atomic E-state index is 9.17. The molecule has 106 valence electrons. The van der Waals surface area contributed by atoms with Gasteiger partial charge < -0.3 is 9.80 Å². The number of nitriles is 1. The average Bonchev–Trinajstić information content (AvgIpc) is 3.01. The minimum atomic E-state index is 0.700. The van der Waals surface area contributed by atoms with Crippen LogP contribution in [0.3, 0.4) is 0 Å². The zero-order valence-corrected chi connectivity index (χ0v) is 12.0. The zero-order chi connectivity index (χ0) is 13.8. The van der Waals surface area contributed by atoms with Crippen molar-refractivity contribution in [2.24, 2.45) is 5.92 Å². The first kappa shape index (κ1) is 13.4. The van der Waals surface area contributed by atoms with Crippen LogP contribution in [0.2, 0.25) is 0 Å². The third kappa shape index (κ3) is 2.94. The summed E-state index contributed by atoms with van der Waals surface area (Å²) in [6, 6.07) is 5.95. The smallest absolute Gasteiger partial charge is 0.146 e. The van der Waals surface area contributed by atoms with Crippen LogP contribution < -0.4 is 4.90 Å². The van der Waals surface area contributed by atoms with E-state index < -0.39 is 0 Å². The molecule has 0 amide bonds. The SMILES string of the molecule is N#Cc1cccnc1N1CCC(CN2CCCC2)CC1. The molecule has 3 heterocycles. The lowest BCUT2D eigenvalue weighted by molar-refractivity contribution is 0.249. The maximum absolute atomic E-state index is 9.17. The summed E-state index contributed by atoms with van der Waals surface area (Å²) in [7, 11) is 0. The fourth-order valence-electron chi connectivity index (χ4n) is 3.39. The van der Waals surface area contributed by atoms with Crippen molar-refractivity contribution < 1.29 is 0 Å². The number of aromatic nitrogens is 1. The molecule has 2 aliphatic heterocycles. The molecular weight excluding hydrogens is 248 g/mol. The molecular formula is C16H22N4. The lowest BCUT2D eigenvalue weighted by atomic mass is 9.96. The Hall–Kier alpha value is -1.60. The third-order valence-corrected chi connectivity index (χ3v) is 4.54. The molecule has 20 heavy (non-hydrogen) atoms. The van der Waals surface area contributed by atoms with Crippen molar-refractivity contribution in [1.29, 1.82) is 5.26 Å². The van der Waals surface area contributed by atoms with E-state index in [0.29, 0.717) is 5.56 Å². The highest BCUT2D eigenvalue weighted by molar-refractivity contribution is 5.53. The highest BCUT2D eigenvalue weighted by Gasteiger charge is 2.24. The lowest BCUT2D eigenvalue weighted by Crippen LogP contribution is -2.38. The van der Waals surface area contributed by atoms with Gasteiger partial charge in [0.25, 0.3) is 0 Å². The first-order valence-electron chi connectivity index (χ1n) is 7.69. The second-order valence-electron chi connectivity index (χ2n) is 5.92. The van der Waals surface area contributed by atoms with Gasteiger partial charge in [-0.3, -0.25) is 0 Å². The summed E-state index contributed by atoms with van der Waals surface area (Å²) in [5, 5.41) is 9.17. The van der Waals surface area contributed by atoms with E-state index in [4.69, 9.17) is 5.26 Å². The second-order valence-corrected chi connectivity index (χ2v) is 5.92. The van der Waals surface area contributed by atoms with Crippen LogP contribution in [-0.4, -0.2) is 42.6 Å². The second kappa shape index (κ2) is 6.23. The van der Waals surface area contributed by atoms with Gasteiger partial charge in [0.1, 0.15) is 11.9 Å². The monoisotopic (exact) mass is 270 g/mol. The Morgan fingerprint density at radius 3 is 2.65 bits per heavy atom. The quantitative estimate of drug-likeness (QED) is 0.845. The van der Waals surface area contributed by atoms with Crippen LogP contribution >= 0.6 is 0 Å². The van der Waals surface area contributed by atoms with Gasteiger partial charge in [-0.25, -0.2) is 4.98 Å². The van der Waals surface area contributed by atoms with Gasteiger partial charge in [-0.2, -0.15) is 5.26 Å². The molecule has 0 atom stereocenters. The number of anilines is 1. The lowest BCUT2D eigenvalue weighted by Gasteiger charge is -2.34. The van der Waals surface area contributed by atoms with E-state index in [1.807, 2.05) is 12.1 Å². The van der Waals surface area contributed by atoms with E-state index in [0.717, 1.165) is 24.8 Å². The predicted octanol–water partition coefficient (Wildman–Crippen LogP) is 2.27. The highest BCUT2D eigenvalue weighted by Crippen LogP contribution is 2.25. The molecule has 1 aromatic rings. The number of piperidine rings is 1. The fourth-order valence-corrected chi connectivity index (χ4v) is 3.39. The highest BCUT2D eigenvalue weighted by atomic mass is 15.2. The van der Waals surface area contributed by atoms with Gasteiger partial charge >= 0.3 is 0 Å². The minimum Gasteiger partial charge on any atom is -0.356 e. The Morgan fingerprint density at radius 1 is 1.20 bits per heavy atom. The van der Waals surface area contributed by atoms with E-state index in [2.05, 4.69) is 20.9 Å². The van der Waals surface area contributed by atoms with E-state index in [1.165, 1.54) is 45.3 Å². The Bertz CT molecular complexity index is 479. The van der Waals surface area contributed by atoms with Gasteiger partial charge in [-0.15, -0.1) is 0 Å². The number of likely N-dealkylation sites (tertiary alicyclic amines) is 1. The average molecular weight is 270 g/mol. The first-order chi connectivity index (χ1) is 9.86. The fraction of sp³-hybridized carbons (Fsp3) is 0.625. The van der Waals surface area contributed by atoms with E-state index >= 15 is 0 Å². The molecule has 0 unspecified atom stereocenters. The first-order valence-corrected chi connectivity index (χ1v) is 7.69. The summed E-state index contributed by atoms with van der Waals surface area (Å²) in [5.41, 5.74) is 0.700. The van der Waals surface area contributed by atoms with Crippen LogP contribution in [-0.2, 0) is 0 Å². The summed E-state index contributed by atoms with van der Waals surface area (Å²) in [5.74, 6) is 1.69. The summed E-state index contributed by atoms with van der Waals surface area (Å²) in [4.78, 5) is 9.28. The molecule has 0 radical (unpaired) electrons. The van der Waals surface area contributed by atoms with Crippen LogP contribution in [0, 0.1) is 17.2 Å². The van der Waals surface area contributed by atoms with Crippen LogP contribution in [0.1, 0.15) is 31.2 Å². The van der Waals surface area contributed by atoms with Gasteiger partial charge in [0.05, 0.1) is 5.56 Å². The summed E-state index contributed by atoms with van der Waals surface area (Å²) in [6.45, 7) is 5.91. The molecule has 0 bridgehead atoms. The predicted molar refractivity (Wildman–Crippen MR) is 79.6 cm³/mol. The van der Waals surface area contributed by atoms with Crippen molar-refractivity contribution in [3.05, 3.63) is 23.9 Å². The maximum Gasteiger partial charge on any atom is 0.146 e. The topological polar surface area (TPSA) is 43.2 Å². The molecule has 2 saturated heterocycles. The molecule has 0 aliphatic carbocycles. The van der Waals surface area contributed by atoms with Crippen LogP contribution in [0.15, 0.2) is 18.3 Å². The summed E-state index contributed by atoms with van der Waals surface area (Å²) >= 11 is 0. The van der Waals surface area contributed by atoms with Crippen molar-refractivity contribution in [2.75, 3.05) is 37.6 Å². The van der Waals surface area contributed by atoms with Crippen LogP contribution in [0.5, 0.6) is 0 Å². The van der Waals surface area contributed by atoms with Crippen molar-refractivity contribution in [1.82, 2.24) is 9.88 Å². The summed E-state index contributed by atoms with van der Waals surface area (Å²) < 4.78 is 0. The Kier molecular flexibility index (Phi) is 4.17. The largest absolute Gasteiger partial charge is 0.356 e. The van der Waals surface area contributed by atoms with Crippen molar-refractivity contribution in [2.45, 2.75) is 25.7 Å². The molecule has 0 N–H and O–H groups in total. The van der Waals surface area contributed by atoms with Gasteiger partial charge in [0, 0.05) is 25.8 Å². The molecule has 0 aromatic carbocycles. The van der Waals surface area contributed by atoms with Crippen molar-refractivity contribution in [3.8, 4) is 6.07 Å². The third-order valence-electron chi connectivity index (χ3n) is 4.54. The molecule has 4 nitrogen and oxygen atoms in total. The molecule has 0 saturated carbocycles. The van der Waals surface area contributed by atoms with Crippen LogP contribution in [0.4, 0.5) is 5.82 Å². The van der Waals surface area contributed by atoms with Gasteiger partial charge in [-0.1, -0.05) is 0 Å². The number of pyridine rings is 1. The Labute approximate surface area is 121 Å². The van der Waals surface area contributed by atoms with Gasteiger partial charge in [0.2, 0.25) is 0 Å². The molecule has 3 rings (SSSR count). The van der Waals surface area contributed by atoms with E-state index in [1.54, 1.807) is 6.20 Å². The Morgan fingerprint density at radius 2 is 1.95 bits per heavy atom. The van der Waals surface area contributed by atoms with Gasteiger partial charge in [-0.05, 0) is 56.8 Å². The van der Waals surface area contributed by atoms with Crippen molar-refractivity contribution >= 4 is 5.82 Å². The standard InChI is InChI=1S/C16H22N4/c17-12-15-4-3-7-18-16(15)20-10-5-14(6-11-20)13-19-8-1-2-9-19/h3-4,7,14H,1-2,5-6,8-11,13H2. The van der Waals surface area contributed by atoms with Gasteiger partial charge in [0.15, 0.2) is 0 Å². The molecule has 1 aromatic heterocycles. The Balaban J connectivity index is 1.56. The normalized spacial score (nSPS) is 21.1. The molecule has 2 aliphatic rings. The van der Waals surface area contributed by atoms with E-state index in [9.17, 15) is 0 Å².